The summed E-state index contributed by atoms with van der Waals surface area (Å²) < 4.78 is 10.6. The zero-order chi connectivity index (χ0) is 15.7. The third kappa shape index (κ3) is 2.72. The molecule has 0 aromatic heterocycles. The van der Waals surface area contributed by atoms with Gasteiger partial charge in [-0.3, -0.25) is 4.79 Å². The topological polar surface area (TPSA) is 55.8 Å². The minimum Gasteiger partial charge on any atom is -0.393 e. The van der Waals surface area contributed by atoms with Crippen LogP contribution in [0.3, 0.4) is 0 Å². The molecule has 118 valence electrons. The first-order chi connectivity index (χ1) is 9.89. The van der Waals surface area contributed by atoms with Gasteiger partial charge in [-0.1, -0.05) is 25.5 Å². The average molecular weight is 294 g/mol. The summed E-state index contributed by atoms with van der Waals surface area (Å²) in [4.78, 5) is 12.1. The third-order valence-electron chi connectivity index (χ3n) is 5.32. The summed E-state index contributed by atoms with van der Waals surface area (Å²) in [5.74, 6) is 0.176. The number of carbonyl (C=O) groups is 1. The van der Waals surface area contributed by atoms with Gasteiger partial charge in [-0.25, -0.2) is 0 Å². The van der Waals surface area contributed by atoms with Gasteiger partial charge in [-0.05, 0) is 24.8 Å². The Hall–Kier alpha value is -0.970. The van der Waals surface area contributed by atoms with Crippen LogP contribution in [0.2, 0.25) is 0 Å². The molecule has 0 aromatic carbocycles. The number of fused-ring (bicyclic) bond motifs is 1. The zero-order valence-corrected chi connectivity index (χ0v) is 13.2. The van der Waals surface area contributed by atoms with Crippen molar-refractivity contribution in [2.75, 3.05) is 20.5 Å². The number of ether oxygens (including phenoxy) is 2. The number of allylic oxidation sites excluding steroid dienone is 2. The van der Waals surface area contributed by atoms with Crippen molar-refractivity contribution in [3.05, 3.63) is 24.3 Å². The highest BCUT2D eigenvalue weighted by molar-refractivity contribution is 5.95. The molecule has 0 unspecified atom stereocenters. The minimum absolute atomic E-state index is 0.0319. The number of aliphatic hydroxyl groups is 1. The first kappa shape index (κ1) is 16.4. The molecule has 21 heavy (non-hydrogen) atoms. The molecule has 0 aliphatic heterocycles. The monoisotopic (exact) mass is 294 g/mol. The van der Waals surface area contributed by atoms with Gasteiger partial charge in [0.2, 0.25) is 0 Å². The predicted octanol–water partition coefficient (Wildman–Crippen LogP) is 2.48. The van der Waals surface area contributed by atoms with Crippen molar-refractivity contribution in [3.8, 4) is 0 Å². The van der Waals surface area contributed by atoms with Crippen LogP contribution in [-0.2, 0) is 14.3 Å². The van der Waals surface area contributed by atoms with Crippen molar-refractivity contribution in [1.82, 2.24) is 0 Å². The lowest BCUT2D eigenvalue weighted by Gasteiger charge is -2.52. The molecule has 2 aliphatic rings. The fourth-order valence-electron chi connectivity index (χ4n) is 4.08. The minimum atomic E-state index is -0.441. The quantitative estimate of drug-likeness (QED) is 0.464. The molecular formula is C17H26O4. The lowest BCUT2D eigenvalue weighted by atomic mass is 9.54. The molecule has 0 spiro atoms. The number of aliphatic hydroxyl groups excluding tert-OH is 1. The van der Waals surface area contributed by atoms with Crippen LogP contribution in [-0.4, -0.2) is 37.5 Å². The largest absolute Gasteiger partial charge is 0.393 e. The Morgan fingerprint density at radius 2 is 2.29 bits per heavy atom. The Balaban J connectivity index is 2.38. The maximum absolute atomic E-state index is 12.1. The third-order valence-corrected chi connectivity index (χ3v) is 5.32. The summed E-state index contributed by atoms with van der Waals surface area (Å²) in [5.41, 5.74) is 0.482. The number of hydrogen-bond donors (Lipinski definition) is 1. The van der Waals surface area contributed by atoms with Crippen LogP contribution < -0.4 is 0 Å². The van der Waals surface area contributed by atoms with E-state index in [2.05, 4.69) is 13.5 Å². The molecule has 2 aliphatic carbocycles. The van der Waals surface area contributed by atoms with Crippen molar-refractivity contribution >= 4 is 5.78 Å². The summed E-state index contributed by atoms with van der Waals surface area (Å²) >= 11 is 0. The lowest BCUT2D eigenvalue weighted by molar-refractivity contribution is -0.117. The molecule has 2 rings (SSSR count). The fourth-order valence-corrected chi connectivity index (χ4v) is 4.08. The van der Waals surface area contributed by atoms with E-state index in [1.54, 1.807) is 13.2 Å². The molecule has 0 amide bonds. The first-order valence-electron chi connectivity index (χ1n) is 7.51. The number of carbonyl (C=O) groups excluding carboxylic acids is 1. The van der Waals surface area contributed by atoms with Gasteiger partial charge in [0.1, 0.15) is 6.79 Å². The summed E-state index contributed by atoms with van der Waals surface area (Å²) in [6.45, 7) is 8.60. The van der Waals surface area contributed by atoms with Crippen LogP contribution in [0.25, 0.3) is 0 Å². The van der Waals surface area contributed by atoms with Crippen molar-refractivity contribution in [2.45, 2.75) is 39.2 Å². The van der Waals surface area contributed by atoms with Crippen molar-refractivity contribution in [3.63, 3.8) is 0 Å². The van der Waals surface area contributed by atoms with Crippen LogP contribution in [0.4, 0.5) is 0 Å². The molecular weight excluding hydrogens is 268 g/mol. The van der Waals surface area contributed by atoms with E-state index >= 15 is 0 Å². The van der Waals surface area contributed by atoms with Gasteiger partial charge in [0, 0.05) is 24.4 Å². The van der Waals surface area contributed by atoms with E-state index in [1.807, 2.05) is 13.0 Å². The van der Waals surface area contributed by atoms with Crippen molar-refractivity contribution < 1.29 is 19.4 Å². The van der Waals surface area contributed by atoms with E-state index in [0.29, 0.717) is 25.9 Å². The zero-order valence-electron chi connectivity index (χ0n) is 13.2. The van der Waals surface area contributed by atoms with Gasteiger partial charge in [-0.15, -0.1) is 6.58 Å². The molecule has 4 atom stereocenters. The van der Waals surface area contributed by atoms with E-state index in [1.165, 1.54) is 0 Å². The molecule has 0 heterocycles. The van der Waals surface area contributed by atoms with E-state index in [9.17, 15) is 9.90 Å². The fraction of sp³-hybridized carbons (Fsp3) is 0.706. The van der Waals surface area contributed by atoms with Crippen LogP contribution in [0.15, 0.2) is 24.3 Å². The Kier molecular flexibility index (Phi) is 4.71. The highest BCUT2D eigenvalue weighted by atomic mass is 16.7. The Morgan fingerprint density at radius 3 is 2.90 bits per heavy atom. The Labute approximate surface area is 126 Å². The highest BCUT2D eigenvalue weighted by Crippen LogP contribution is 2.59. The number of rotatable bonds is 6. The normalized spacial score (nSPS) is 39.0. The van der Waals surface area contributed by atoms with E-state index in [-0.39, 0.29) is 29.3 Å². The lowest BCUT2D eigenvalue weighted by Crippen LogP contribution is -2.50. The van der Waals surface area contributed by atoms with Gasteiger partial charge in [0.25, 0.3) is 0 Å². The highest BCUT2D eigenvalue weighted by Gasteiger charge is 2.56. The predicted molar refractivity (Wildman–Crippen MR) is 80.7 cm³/mol. The maximum atomic E-state index is 12.1. The SMILES string of the molecule is C=CC[C@@]12CC(=O)C=C1[C@@](C)(COCOC)[C@@H](C)[C@@H](O)C2. The molecule has 0 bridgehead atoms. The first-order valence-corrected chi connectivity index (χ1v) is 7.51. The molecule has 1 fully saturated rings. The maximum Gasteiger partial charge on any atom is 0.156 e. The standard InChI is InChI=1S/C17H26O4/c1-5-6-17-8-13(18)7-15(17)16(3,10-21-11-20-4)12(2)14(19)9-17/h5,7,12,14,19H,1,6,8-11H2,2-4H3/t12-,14-,16-,17-/m0/s1. The van der Waals surface area contributed by atoms with Crippen LogP contribution in [0, 0.1) is 16.7 Å². The van der Waals surface area contributed by atoms with Gasteiger partial charge in [-0.2, -0.15) is 0 Å². The summed E-state index contributed by atoms with van der Waals surface area (Å²) in [6.07, 6.45) is 5.00. The molecule has 1 N–H and O–H groups in total. The van der Waals surface area contributed by atoms with Gasteiger partial charge < -0.3 is 14.6 Å². The molecule has 1 saturated carbocycles. The van der Waals surface area contributed by atoms with Crippen LogP contribution in [0.1, 0.15) is 33.1 Å². The molecule has 4 heteroatoms. The van der Waals surface area contributed by atoms with Gasteiger partial charge >= 0.3 is 0 Å². The summed E-state index contributed by atoms with van der Waals surface area (Å²) in [6, 6.07) is 0. The molecule has 0 saturated heterocycles. The second-order valence-electron chi connectivity index (χ2n) is 6.71. The van der Waals surface area contributed by atoms with E-state index in [0.717, 1.165) is 5.57 Å². The second-order valence-corrected chi connectivity index (χ2v) is 6.71. The van der Waals surface area contributed by atoms with Gasteiger partial charge in [0.15, 0.2) is 5.78 Å². The average Bonchev–Trinajstić information content (AvgIpc) is 2.74. The smallest absolute Gasteiger partial charge is 0.156 e. The van der Waals surface area contributed by atoms with Crippen LogP contribution in [0.5, 0.6) is 0 Å². The number of methoxy groups -OCH3 is 1. The Bertz CT molecular complexity index is 456. The van der Waals surface area contributed by atoms with Crippen molar-refractivity contribution in [2.24, 2.45) is 16.7 Å². The Morgan fingerprint density at radius 1 is 1.57 bits per heavy atom. The summed E-state index contributed by atoms with van der Waals surface area (Å²) in [7, 11) is 1.59. The van der Waals surface area contributed by atoms with Crippen LogP contribution >= 0.6 is 0 Å². The second kappa shape index (κ2) is 6.03. The van der Waals surface area contributed by atoms with E-state index < -0.39 is 6.10 Å². The molecule has 0 aromatic rings. The summed E-state index contributed by atoms with van der Waals surface area (Å²) in [5, 5.41) is 10.5. The van der Waals surface area contributed by atoms with E-state index in [4.69, 9.17) is 9.47 Å². The number of ketones is 1. The van der Waals surface area contributed by atoms with Gasteiger partial charge in [0.05, 0.1) is 12.7 Å². The molecule has 0 radical (unpaired) electrons. The van der Waals surface area contributed by atoms with Crippen molar-refractivity contribution in [1.29, 1.82) is 0 Å². The number of hydrogen-bond acceptors (Lipinski definition) is 4. The molecule has 4 nitrogen and oxygen atoms in total.